The molecule has 1 aliphatic heterocycles. The highest BCUT2D eigenvalue weighted by atomic mass is 79.9. The van der Waals surface area contributed by atoms with Crippen LogP contribution in [-0.4, -0.2) is 28.5 Å². The number of carbonyl (C=O) groups is 3. The van der Waals surface area contributed by atoms with E-state index in [2.05, 4.69) is 21.2 Å². The molecule has 0 atom stereocenters. The van der Waals surface area contributed by atoms with Crippen molar-refractivity contribution in [2.75, 3.05) is 11.9 Å². The van der Waals surface area contributed by atoms with Crippen LogP contribution in [0.4, 0.5) is 14.9 Å². The standard InChI is InChI=1S/C29H20BrFN2O4S/c30-20-11-8-18(9-12-20)17-37-25-13-10-19-4-1-2-7-23(19)24(25)15-26-28(35)33(29(36)38-26)16-27(34)32-22-6-3-5-21(31)14-22/h1-15H,16-17H2,(H,32,34)/b26-15+. The van der Waals surface area contributed by atoms with Crippen molar-refractivity contribution in [3.05, 3.63) is 111 Å². The average Bonchev–Trinajstić information content (AvgIpc) is 3.16. The topological polar surface area (TPSA) is 75.7 Å². The fourth-order valence-corrected chi connectivity index (χ4v) is 5.05. The molecule has 4 aromatic carbocycles. The average molecular weight is 591 g/mol. The van der Waals surface area contributed by atoms with E-state index >= 15 is 0 Å². The van der Waals surface area contributed by atoms with Gasteiger partial charge in [0.05, 0.1) is 4.91 Å². The highest BCUT2D eigenvalue weighted by Crippen LogP contribution is 2.37. The second-order valence-electron chi connectivity index (χ2n) is 8.44. The summed E-state index contributed by atoms with van der Waals surface area (Å²) in [6.07, 6.45) is 1.63. The molecule has 3 amide bonds. The van der Waals surface area contributed by atoms with E-state index in [1.807, 2.05) is 60.7 Å². The zero-order chi connectivity index (χ0) is 26.6. The van der Waals surface area contributed by atoms with Gasteiger partial charge in [0.25, 0.3) is 11.1 Å². The molecular formula is C29H20BrFN2O4S. The lowest BCUT2D eigenvalue weighted by Crippen LogP contribution is -2.36. The first-order valence-electron chi connectivity index (χ1n) is 11.6. The van der Waals surface area contributed by atoms with Crippen LogP contribution in [0.5, 0.6) is 5.75 Å². The third-order valence-electron chi connectivity index (χ3n) is 5.80. The molecule has 4 aromatic rings. The van der Waals surface area contributed by atoms with Crippen molar-refractivity contribution in [1.82, 2.24) is 4.90 Å². The van der Waals surface area contributed by atoms with Gasteiger partial charge >= 0.3 is 0 Å². The van der Waals surface area contributed by atoms with Crippen molar-refractivity contribution < 1.29 is 23.5 Å². The molecule has 0 unspecified atom stereocenters. The number of amides is 3. The van der Waals surface area contributed by atoms with Gasteiger partial charge in [-0.25, -0.2) is 4.39 Å². The monoisotopic (exact) mass is 590 g/mol. The van der Waals surface area contributed by atoms with Gasteiger partial charge in [-0.15, -0.1) is 0 Å². The Morgan fingerprint density at radius 3 is 2.58 bits per heavy atom. The molecule has 0 saturated carbocycles. The molecule has 0 bridgehead atoms. The summed E-state index contributed by atoms with van der Waals surface area (Å²) in [5.41, 5.74) is 1.87. The third-order valence-corrected chi connectivity index (χ3v) is 7.23. The van der Waals surface area contributed by atoms with Crippen LogP contribution in [0.3, 0.4) is 0 Å². The van der Waals surface area contributed by atoms with Gasteiger partial charge in [-0.05, 0) is 70.6 Å². The van der Waals surface area contributed by atoms with Gasteiger partial charge in [-0.3, -0.25) is 19.3 Å². The molecule has 38 heavy (non-hydrogen) atoms. The molecule has 0 radical (unpaired) electrons. The summed E-state index contributed by atoms with van der Waals surface area (Å²) in [4.78, 5) is 39.3. The molecule has 0 aliphatic carbocycles. The van der Waals surface area contributed by atoms with Crippen LogP contribution in [-0.2, 0) is 16.2 Å². The van der Waals surface area contributed by atoms with Crippen molar-refractivity contribution in [3.8, 4) is 5.75 Å². The molecule has 9 heteroatoms. The first-order chi connectivity index (χ1) is 18.4. The fraction of sp³-hybridized carbons (Fsp3) is 0.0690. The molecule has 0 aromatic heterocycles. The Bertz CT molecular complexity index is 1590. The molecule has 1 aliphatic rings. The van der Waals surface area contributed by atoms with Gasteiger partial charge < -0.3 is 10.1 Å². The number of carbonyl (C=O) groups excluding carboxylic acids is 3. The molecule has 1 heterocycles. The summed E-state index contributed by atoms with van der Waals surface area (Å²) in [6, 6.07) is 24.6. The van der Waals surface area contributed by atoms with E-state index in [0.717, 1.165) is 43.5 Å². The van der Waals surface area contributed by atoms with Gasteiger partial charge in [0.2, 0.25) is 5.91 Å². The van der Waals surface area contributed by atoms with E-state index in [9.17, 15) is 18.8 Å². The largest absolute Gasteiger partial charge is 0.488 e. The van der Waals surface area contributed by atoms with Crippen molar-refractivity contribution in [1.29, 1.82) is 0 Å². The normalized spacial score (nSPS) is 14.4. The molecular weight excluding hydrogens is 571 g/mol. The van der Waals surface area contributed by atoms with Gasteiger partial charge in [0, 0.05) is 15.7 Å². The first-order valence-corrected chi connectivity index (χ1v) is 13.2. The van der Waals surface area contributed by atoms with Crippen LogP contribution in [0.15, 0.2) is 94.3 Å². The molecule has 6 nitrogen and oxygen atoms in total. The van der Waals surface area contributed by atoms with Crippen molar-refractivity contribution in [2.45, 2.75) is 6.61 Å². The van der Waals surface area contributed by atoms with Crippen molar-refractivity contribution in [2.24, 2.45) is 0 Å². The highest BCUT2D eigenvalue weighted by Gasteiger charge is 2.36. The minimum atomic E-state index is -0.608. The molecule has 190 valence electrons. The number of ether oxygens (including phenoxy) is 1. The number of benzene rings is 4. The van der Waals surface area contributed by atoms with Crippen LogP contribution < -0.4 is 10.1 Å². The van der Waals surface area contributed by atoms with E-state index in [4.69, 9.17) is 4.74 Å². The summed E-state index contributed by atoms with van der Waals surface area (Å²) >= 11 is 4.18. The smallest absolute Gasteiger partial charge is 0.294 e. The molecule has 0 spiro atoms. The van der Waals surface area contributed by atoms with Gasteiger partial charge in [-0.1, -0.05) is 64.5 Å². The zero-order valence-corrected chi connectivity index (χ0v) is 22.2. The Balaban J connectivity index is 1.39. The number of rotatable bonds is 7. The number of nitrogens with one attached hydrogen (secondary N) is 1. The summed E-state index contributed by atoms with van der Waals surface area (Å²) in [6.45, 7) is -0.171. The number of hydrogen-bond donors (Lipinski definition) is 1. The second-order valence-corrected chi connectivity index (χ2v) is 10.3. The van der Waals surface area contributed by atoms with Crippen molar-refractivity contribution >= 4 is 67.3 Å². The van der Waals surface area contributed by atoms with Crippen LogP contribution in [0.2, 0.25) is 0 Å². The van der Waals surface area contributed by atoms with Crippen LogP contribution in [0.25, 0.3) is 16.8 Å². The molecule has 5 rings (SSSR count). The Morgan fingerprint density at radius 2 is 1.79 bits per heavy atom. The van der Waals surface area contributed by atoms with Crippen LogP contribution >= 0.6 is 27.7 Å². The van der Waals surface area contributed by atoms with Gasteiger partial charge in [0.15, 0.2) is 0 Å². The zero-order valence-electron chi connectivity index (χ0n) is 19.8. The van der Waals surface area contributed by atoms with E-state index in [0.29, 0.717) is 17.9 Å². The minimum Gasteiger partial charge on any atom is -0.488 e. The van der Waals surface area contributed by atoms with Crippen LogP contribution in [0, 0.1) is 5.82 Å². The second kappa shape index (κ2) is 11.2. The number of fused-ring (bicyclic) bond motifs is 1. The van der Waals surface area contributed by atoms with E-state index in [-0.39, 0.29) is 10.6 Å². The number of hydrogen-bond acceptors (Lipinski definition) is 5. The first kappa shape index (κ1) is 25.7. The predicted octanol–water partition coefficient (Wildman–Crippen LogP) is 7.00. The molecule has 1 N–H and O–H groups in total. The number of thioether (sulfide) groups is 1. The Labute approximate surface area is 230 Å². The highest BCUT2D eigenvalue weighted by molar-refractivity contribution is 9.10. The Kier molecular flexibility index (Phi) is 7.57. The van der Waals surface area contributed by atoms with Gasteiger partial charge in [-0.2, -0.15) is 0 Å². The summed E-state index contributed by atoms with van der Waals surface area (Å²) in [7, 11) is 0. The number of nitrogens with zero attached hydrogens (tertiary/aromatic N) is 1. The molecule has 1 fully saturated rings. The number of halogens is 2. The Morgan fingerprint density at radius 1 is 1.00 bits per heavy atom. The maximum atomic E-state index is 13.4. The minimum absolute atomic E-state index is 0.179. The third kappa shape index (κ3) is 5.79. The maximum Gasteiger partial charge on any atom is 0.294 e. The summed E-state index contributed by atoms with van der Waals surface area (Å²) < 4.78 is 20.5. The van der Waals surface area contributed by atoms with E-state index < -0.39 is 29.4 Å². The lowest BCUT2D eigenvalue weighted by Gasteiger charge is -2.13. The predicted molar refractivity (Wildman–Crippen MR) is 150 cm³/mol. The van der Waals surface area contributed by atoms with Crippen molar-refractivity contribution in [3.63, 3.8) is 0 Å². The fourth-order valence-electron chi connectivity index (χ4n) is 3.97. The summed E-state index contributed by atoms with van der Waals surface area (Å²) in [5.74, 6) is -1.14. The number of imide groups is 1. The Hall–Kier alpha value is -3.95. The maximum absolute atomic E-state index is 13.4. The van der Waals surface area contributed by atoms with Crippen LogP contribution in [0.1, 0.15) is 11.1 Å². The molecule has 1 saturated heterocycles. The van der Waals surface area contributed by atoms with Gasteiger partial charge in [0.1, 0.15) is 24.7 Å². The number of anilines is 1. The van der Waals surface area contributed by atoms with E-state index in [1.165, 1.54) is 18.2 Å². The quantitative estimate of drug-likeness (QED) is 0.235. The SMILES string of the molecule is O=C(CN1C(=O)S/C(=C/c2c(OCc3ccc(Br)cc3)ccc3ccccc23)C1=O)Nc1cccc(F)c1. The lowest BCUT2D eigenvalue weighted by molar-refractivity contribution is -0.127. The summed E-state index contributed by atoms with van der Waals surface area (Å²) in [5, 5.41) is 3.75. The lowest BCUT2D eigenvalue weighted by atomic mass is 10.0. The van der Waals surface area contributed by atoms with E-state index in [1.54, 1.807) is 6.08 Å².